The normalized spacial score (nSPS) is 14.8. The molecule has 0 bridgehead atoms. The Morgan fingerprint density at radius 1 is 1.31 bits per heavy atom. The van der Waals surface area contributed by atoms with Crippen molar-refractivity contribution in [2.45, 2.75) is 25.3 Å². The quantitative estimate of drug-likeness (QED) is 0.806. The molecule has 1 fully saturated rings. The lowest BCUT2D eigenvalue weighted by molar-refractivity contribution is -0.130. The van der Waals surface area contributed by atoms with Crippen molar-refractivity contribution >= 4 is 5.91 Å². The van der Waals surface area contributed by atoms with Gasteiger partial charge in [0.05, 0.1) is 6.42 Å². The molecule has 0 atom stereocenters. The van der Waals surface area contributed by atoms with E-state index in [9.17, 15) is 4.79 Å². The topological polar surface area (TPSA) is 46.3 Å². The number of rotatable bonds is 5. The van der Waals surface area contributed by atoms with Crippen LogP contribution in [0.15, 0.2) is 30.3 Å². The Labute approximate surface area is 96.2 Å². The highest BCUT2D eigenvalue weighted by molar-refractivity contribution is 5.79. The summed E-state index contributed by atoms with van der Waals surface area (Å²) >= 11 is 0. The summed E-state index contributed by atoms with van der Waals surface area (Å²) in [5.74, 6) is 0.208. The number of amides is 1. The summed E-state index contributed by atoms with van der Waals surface area (Å²) in [7, 11) is 0. The van der Waals surface area contributed by atoms with E-state index in [-0.39, 0.29) is 5.91 Å². The average molecular weight is 218 g/mol. The van der Waals surface area contributed by atoms with E-state index in [2.05, 4.69) is 0 Å². The zero-order valence-electron chi connectivity index (χ0n) is 9.43. The first-order valence-corrected chi connectivity index (χ1v) is 5.84. The molecule has 0 unspecified atom stereocenters. The molecule has 0 aliphatic heterocycles. The first-order valence-electron chi connectivity index (χ1n) is 5.84. The fourth-order valence-electron chi connectivity index (χ4n) is 1.91. The molecule has 1 amide bonds. The maximum Gasteiger partial charge on any atom is 0.227 e. The molecule has 16 heavy (non-hydrogen) atoms. The van der Waals surface area contributed by atoms with Crippen LogP contribution in [0.25, 0.3) is 0 Å². The van der Waals surface area contributed by atoms with Crippen molar-refractivity contribution < 1.29 is 4.79 Å². The lowest BCUT2D eigenvalue weighted by Crippen LogP contribution is -2.38. The number of nitrogens with zero attached hydrogens (tertiary/aromatic N) is 1. The van der Waals surface area contributed by atoms with Gasteiger partial charge in [0.2, 0.25) is 5.91 Å². The van der Waals surface area contributed by atoms with Crippen LogP contribution in [-0.2, 0) is 11.2 Å². The number of hydrogen-bond acceptors (Lipinski definition) is 2. The minimum atomic E-state index is 0.208. The highest BCUT2D eigenvalue weighted by Crippen LogP contribution is 2.26. The second kappa shape index (κ2) is 5.12. The van der Waals surface area contributed by atoms with E-state index >= 15 is 0 Å². The molecule has 0 spiro atoms. The van der Waals surface area contributed by atoms with E-state index in [0.717, 1.165) is 18.4 Å². The van der Waals surface area contributed by atoms with E-state index < -0.39 is 0 Å². The minimum Gasteiger partial charge on any atom is -0.338 e. The third-order valence-electron chi connectivity index (χ3n) is 2.88. The molecule has 0 aromatic heterocycles. The second-order valence-corrected chi connectivity index (χ2v) is 4.27. The molecule has 1 aromatic rings. The summed E-state index contributed by atoms with van der Waals surface area (Å²) in [6.45, 7) is 1.24. The molecule has 86 valence electrons. The van der Waals surface area contributed by atoms with Gasteiger partial charge in [-0.2, -0.15) is 0 Å². The van der Waals surface area contributed by atoms with Gasteiger partial charge in [-0.3, -0.25) is 4.79 Å². The van der Waals surface area contributed by atoms with Crippen LogP contribution in [-0.4, -0.2) is 29.9 Å². The lowest BCUT2D eigenvalue weighted by atomic mass is 10.1. The molecule has 1 aliphatic carbocycles. The van der Waals surface area contributed by atoms with Crippen LogP contribution in [0.3, 0.4) is 0 Å². The van der Waals surface area contributed by atoms with Gasteiger partial charge in [-0.15, -0.1) is 0 Å². The SMILES string of the molecule is NCCN(C(=O)Cc1ccccc1)C1CC1. The number of benzene rings is 1. The van der Waals surface area contributed by atoms with Gasteiger partial charge in [0, 0.05) is 19.1 Å². The van der Waals surface area contributed by atoms with Crippen LogP contribution in [0, 0.1) is 0 Å². The Bertz CT molecular complexity index is 346. The Balaban J connectivity index is 1.95. The lowest BCUT2D eigenvalue weighted by Gasteiger charge is -2.21. The van der Waals surface area contributed by atoms with Crippen LogP contribution in [0.1, 0.15) is 18.4 Å². The van der Waals surface area contributed by atoms with Crippen LogP contribution >= 0.6 is 0 Å². The molecular formula is C13H18N2O. The maximum absolute atomic E-state index is 12.1. The Hall–Kier alpha value is -1.35. The third-order valence-corrected chi connectivity index (χ3v) is 2.88. The first kappa shape index (κ1) is 11.1. The standard InChI is InChI=1S/C13H18N2O/c14-8-9-15(12-6-7-12)13(16)10-11-4-2-1-3-5-11/h1-5,12H,6-10,14H2. The molecule has 3 nitrogen and oxygen atoms in total. The number of nitrogens with two attached hydrogens (primary N) is 1. The van der Waals surface area contributed by atoms with E-state index in [1.54, 1.807) is 0 Å². The molecule has 0 radical (unpaired) electrons. The number of carbonyl (C=O) groups is 1. The largest absolute Gasteiger partial charge is 0.338 e. The summed E-state index contributed by atoms with van der Waals surface area (Å²) in [6.07, 6.45) is 2.78. The van der Waals surface area contributed by atoms with Gasteiger partial charge in [0.1, 0.15) is 0 Å². The van der Waals surface area contributed by atoms with E-state index in [0.29, 0.717) is 25.6 Å². The van der Waals surface area contributed by atoms with Crippen LogP contribution in [0.2, 0.25) is 0 Å². The van der Waals surface area contributed by atoms with Gasteiger partial charge >= 0.3 is 0 Å². The Kier molecular flexibility index (Phi) is 3.57. The predicted molar refractivity (Wildman–Crippen MR) is 63.9 cm³/mol. The highest BCUT2D eigenvalue weighted by atomic mass is 16.2. The van der Waals surface area contributed by atoms with E-state index in [1.807, 2.05) is 35.2 Å². The number of carbonyl (C=O) groups excluding carboxylic acids is 1. The monoisotopic (exact) mass is 218 g/mol. The van der Waals surface area contributed by atoms with Gasteiger partial charge in [0.25, 0.3) is 0 Å². The molecule has 2 rings (SSSR count). The van der Waals surface area contributed by atoms with Crippen LogP contribution in [0.4, 0.5) is 0 Å². The minimum absolute atomic E-state index is 0.208. The average Bonchev–Trinajstić information content (AvgIpc) is 3.11. The van der Waals surface area contributed by atoms with Gasteiger partial charge in [-0.1, -0.05) is 30.3 Å². The molecule has 0 saturated heterocycles. The molecule has 0 heterocycles. The third kappa shape index (κ3) is 2.83. The van der Waals surface area contributed by atoms with Crippen molar-refractivity contribution in [1.29, 1.82) is 0 Å². The first-order chi connectivity index (χ1) is 7.81. The van der Waals surface area contributed by atoms with Crippen molar-refractivity contribution in [3.63, 3.8) is 0 Å². The van der Waals surface area contributed by atoms with Crippen molar-refractivity contribution in [3.05, 3.63) is 35.9 Å². The van der Waals surface area contributed by atoms with Gasteiger partial charge in [-0.25, -0.2) is 0 Å². The fourth-order valence-corrected chi connectivity index (χ4v) is 1.91. The molecule has 3 heteroatoms. The molecule has 1 aromatic carbocycles. The van der Waals surface area contributed by atoms with E-state index in [1.165, 1.54) is 0 Å². The van der Waals surface area contributed by atoms with Crippen molar-refractivity contribution in [2.75, 3.05) is 13.1 Å². The summed E-state index contributed by atoms with van der Waals surface area (Å²) in [4.78, 5) is 14.0. The second-order valence-electron chi connectivity index (χ2n) is 4.27. The van der Waals surface area contributed by atoms with Crippen LogP contribution in [0.5, 0.6) is 0 Å². The zero-order chi connectivity index (χ0) is 11.4. The summed E-state index contributed by atoms with van der Waals surface area (Å²) < 4.78 is 0. The van der Waals surface area contributed by atoms with Gasteiger partial charge in [-0.05, 0) is 18.4 Å². The van der Waals surface area contributed by atoms with Crippen molar-refractivity contribution in [2.24, 2.45) is 5.73 Å². The predicted octanol–water partition coefficient (Wildman–Crippen LogP) is 1.18. The summed E-state index contributed by atoms with van der Waals surface area (Å²) in [5.41, 5.74) is 6.61. The molecule has 1 aliphatic rings. The molecular weight excluding hydrogens is 200 g/mol. The maximum atomic E-state index is 12.1. The number of hydrogen-bond donors (Lipinski definition) is 1. The van der Waals surface area contributed by atoms with Gasteiger partial charge < -0.3 is 10.6 Å². The van der Waals surface area contributed by atoms with E-state index in [4.69, 9.17) is 5.73 Å². The Morgan fingerprint density at radius 2 is 2.00 bits per heavy atom. The van der Waals surface area contributed by atoms with Crippen LogP contribution < -0.4 is 5.73 Å². The fraction of sp³-hybridized carbons (Fsp3) is 0.462. The molecule has 2 N–H and O–H groups in total. The zero-order valence-corrected chi connectivity index (χ0v) is 9.43. The highest BCUT2D eigenvalue weighted by Gasteiger charge is 2.31. The summed E-state index contributed by atoms with van der Waals surface area (Å²) in [6, 6.07) is 10.3. The summed E-state index contributed by atoms with van der Waals surface area (Å²) in [5, 5.41) is 0. The smallest absolute Gasteiger partial charge is 0.227 e. The molecule has 1 saturated carbocycles. The van der Waals surface area contributed by atoms with Crippen molar-refractivity contribution in [1.82, 2.24) is 4.90 Å². The van der Waals surface area contributed by atoms with Crippen molar-refractivity contribution in [3.8, 4) is 0 Å². The Morgan fingerprint density at radius 3 is 2.56 bits per heavy atom. The van der Waals surface area contributed by atoms with Gasteiger partial charge in [0.15, 0.2) is 0 Å².